The highest BCUT2D eigenvalue weighted by Crippen LogP contribution is 2.31. The molecule has 0 spiro atoms. The maximum absolute atomic E-state index is 13.1. The summed E-state index contributed by atoms with van der Waals surface area (Å²) in [5.41, 5.74) is 2.32. The number of benzene rings is 2. The van der Waals surface area contributed by atoms with E-state index in [0.717, 1.165) is 0 Å². The topological polar surface area (TPSA) is 111 Å². The van der Waals surface area contributed by atoms with Crippen LogP contribution in [0, 0.1) is 0 Å². The van der Waals surface area contributed by atoms with Crippen LogP contribution in [0.4, 0.5) is 0 Å². The summed E-state index contributed by atoms with van der Waals surface area (Å²) in [7, 11) is 1.59. The van der Waals surface area contributed by atoms with Crippen molar-refractivity contribution in [3.63, 3.8) is 0 Å². The molecular weight excluding hydrogens is 485 g/mol. The fourth-order valence-corrected chi connectivity index (χ4v) is 3.80. The second-order valence-corrected chi connectivity index (χ2v) is 8.33. The molecule has 0 radical (unpaired) electrons. The van der Waals surface area contributed by atoms with Crippen molar-refractivity contribution in [1.29, 1.82) is 0 Å². The van der Waals surface area contributed by atoms with Crippen LogP contribution in [0.1, 0.15) is 26.4 Å². The fraction of sp³-hybridized carbons (Fsp3) is 0.217. The van der Waals surface area contributed by atoms with Gasteiger partial charge in [-0.1, -0.05) is 41.4 Å². The zero-order valence-electron chi connectivity index (χ0n) is 18.0. The quantitative estimate of drug-likeness (QED) is 0.334. The Labute approximate surface area is 205 Å². The van der Waals surface area contributed by atoms with E-state index < -0.39 is 17.9 Å². The first-order valence-electron chi connectivity index (χ1n) is 10.2. The molecule has 34 heavy (non-hydrogen) atoms. The molecule has 9 nitrogen and oxygen atoms in total. The van der Waals surface area contributed by atoms with E-state index >= 15 is 0 Å². The number of aromatic nitrogens is 1. The van der Waals surface area contributed by atoms with Crippen LogP contribution >= 0.6 is 23.2 Å². The molecule has 2 heterocycles. The Morgan fingerprint density at radius 3 is 2.65 bits per heavy atom. The minimum absolute atomic E-state index is 0.00323. The Balaban J connectivity index is 1.50. The first kappa shape index (κ1) is 23.7. The first-order valence-corrected chi connectivity index (χ1v) is 11.0. The van der Waals surface area contributed by atoms with E-state index in [0.29, 0.717) is 27.1 Å². The molecular formula is C23H21Cl2N3O6. The number of halogens is 2. The number of carbonyl (C=O) groups excluding carboxylic acids is 2. The van der Waals surface area contributed by atoms with Gasteiger partial charge in [0.05, 0.1) is 16.6 Å². The maximum atomic E-state index is 13.1. The van der Waals surface area contributed by atoms with Gasteiger partial charge in [-0.3, -0.25) is 14.8 Å². The van der Waals surface area contributed by atoms with Crippen LogP contribution < -0.4 is 25.0 Å². The molecule has 1 aromatic heterocycles. The minimum atomic E-state index is -0.820. The molecule has 1 aliphatic heterocycles. The Hall–Kier alpha value is -3.40. The fourth-order valence-electron chi connectivity index (χ4n) is 3.47. The average Bonchev–Trinajstić information content (AvgIpc) is 3.18. The number of para-hydroxylation sites is 2. The zero-order valence-corrected chi connectivity index (χ0v) is 19.5. The molecule has 1 atom stereocenters. The lowest BCUT2D eigenvalue weighted by Gasteiger charge is -2.26. The van der Waals surface area contributed by atoms with Gasteiger partial charge in [0.25, 0.3) is 11.8 Å². The third-order valence-electron chi connectivity index (χ3n) is 5.12. The van der Waals surface area contributed by atoms with Gasteiger partial charge in [-0.15, -0.1) is 0 Å². The van der Waals surface area contributed by atoms with Gasteiger partial charge in [0.15, 0.2) is 17.2 Å². The van der Waals surface area contributed by atoms with E-state index in [9.17, 15) is 9.59 Å². The Bertz CT molecular complexity index is 1230. The van der Waals surface area contributed by atoms with Crippen LogP contribution in [0.3, 0.4) is 0 Å². The minimum Gasteiger partial charge on any atom is -0.486 e. The number of nitrogens with zero attached hydrogens (tertiary/aromatic N) is 1. The standard InChI is InChI=1S/C23H21Cl2N3O6/c1-28-10-15(22(29)27-31)21(33-11-13-6-7-16(24)17(25)8-13)20(28)23(30)26-9-14-12-32-18-4-2-3-5-19(18)34-14/h2-8,10,14,31H,9,11-12H2,1H3,(H,26,30)(H,27,29). The molecule has 1 unspecified atom stereocenters. The number of fused-ring (bicyclic) bond motifs is 1. The van der Waals surface area contributed by atoms with Gasteiger partial charge in [0.2, 0.25) is 0 Å². The highest BCUT2D eigenvalue weighted by molar-refractivity contribution is 6.42. The lowest BCUT2D eigenvalue weighted by molar-refractivity contribution is 0.0702. The number of amides is 2. The molecule has 3 aromatic rings. The van der Waals surface area contributed by atoms with Crippen molar-refractivity contribution in [2.45, 2.75) is 12.7 Å². The number of hydrogen-bond acceptors (Lipinski definition) is 6. The monoisotopic (exact) mass is 505 g/mol. The second kappa shape index (κ2) is 10.3. The maximum Gasteiger partial charge on any atom is 0.279 e. The molecule has 3 N–H and O–H groups in total. The van der Waals surface area contributed by atoms with Gasteiger partial charge in [0, 0.05) is 13.2 Å². The van der Waals surface area contributed by atoms with Gasteiger partial charge in [0.1, 0.15) is 30.6 Å². The predicted octanol–water partition coefficient (Wildman–Crippen LogP) is 3.60. The molecule has 1 aliphatic rings. The van der Waals surface area contributed by atoms with Crippen LogP contribution in [0.5, 0.6) is 17.2 Å². The van der Waals surface area contributed by atoms with Crippen molar-refractivity contribution in [3.8, 4) is 17.2 Å². The van der Waals surface area contributed by atoms with Crippen molar-refractivity contribution in [3.05, 3.63) is 75.5 Å². The third kappa shape index (κ3) is 5.06. The van der Waals surface area contributed by atoms with Crippen LogP contribution in [-0.2, 0) is 13.7 Å². The van der Waals surface area contributed by atoms with Crippen LogP contribution in [0.2, 0.25) is 10.0 Å². The Morgan fingerprint density at radius 2 is 1.91 bits per heavy atom. The first-order chi connectivity index (χ1) is 16.4. The Kier molecular flexibility index (Phi) is 7.16. The normalized spacial score (nSPS) is 14.4. The summed E-state index contributed by atoms with van der Waals surface area (Å²) in [5.74, 6) is -0.0705. The van der Waals surface area contributed by atoms with E-state index in [-0.39, 0.29) is 36.8 Å². The Morgan fingerprint density at radius 1 is 1.15 bits per heavy atom. The lowest BCUT2D eigenvalue weighted by atomic mass is 10.2. The van der Waals surface area contributed by atoms with E-state index in [1.807, 2.05) is 12.1 Å². The van der Waals surface area contributed by atoms with Crippen LogP contribution in [-0.4, -0.2) is 40.8 Å². The number of rotatable bonds is 7. The summed E-state index contributed by atoms with van der Waals surface area (Å²) < 4.78 is 18.8. The summed E-state index contributed by atoms with van der Waals surface area (Å²) in [6.45, 7) is 0.429. The van der Waals surface area contributed by atoms with E-state index in [4.69, 9.17) is 42.6 Å². The molecule has 0 bridgehead atoms. The number of aryl methyl sites for hydroxylation is 1. The molecule has 0 fully saturated rings. The summed E-state index contributed by atoms with van der Waals surface area (Å²) in [6, 6.07) is 12.2. The largest absolute Gasteiger partial charge is 0.486 e. The van der Waals surface area contributed by atoms with Gasteiger partial charge >= 0.3 is 0 Å². The SMILES string of the molecule is Cn1cc(C(=O)NO)c(OCc2ccc(Cl)c(Cl)c2)c1C(=O)NCC1COc2ccccc2O1. The van der Waals surface area contributed by atoms with Crippen LogP contribution in [0.15, 0.2) is 48.7 Å². The summed E-state index contributed by atoms with van der Waals surface area (Å²) in [5, 5.41) is 12.7. The third-order valence-corrected chi connectivity index (χ3v) is 5.86. The summed E-state index contributed by atoms with van der Waals surface area (Å²) in [6.07, 6.45) is 0.987. The molecule has 0 aliphatic carbocycles. The molecule has 4 rings (SSSR count). The molecule has 11 heteroatoms. The highest BCUT2D eigenvalue weighted by Gasteiger charge is 2.27. The van der Waals surface area contributed by atoms with Gasteiger partial charge in [-0.2, -0.15) is 0 Å². The van der Waals surface area contributed by atoms with E-state index in [1.54, 1.807) is 42.9 Å². The number of ether oxygens (including phenoxy) is 3. The van der Waals surface area contributed by atoms with Gasteiger partial charge in [-0.25, -0.2) is 5.48 Å². The molecule has 0 saturated carbocycles. The number of carbonyl (C=O) groups is 2. The smallest absolute Gasteiger partial charge is 0.279 e. The van der Waals surface area contributed by atoms with Crippen LogP contribution in [0.25, 0.3) is 0 Å². The molecule has 178 valence electrons. The van der Waals surface area contributed by atoms with Gasteiger partial charge in [-0.05, 0) is 29.8 Å². The zero-order chi connectivity index (χ0) is 24.2. The van der Waals surface area contributed by atoms with Crippen molar-refractivity contribution >= 4 is 35.0 Å². The number of hydroxylamine groups is 1. The number of nitrogens with one attached hydrogen (secondary N) is 2. The second-order valence-electron chi connectivity index (χ2n) is 7.52. The highest BCUT2D eigenvalue weighted by atomic mass is 35.5. The molecule has 2 amide bonds. The van der Waals surface area contributed by atoms with Crippen molar-refractivity contribution < 1.29 is 29.0 Å². The van der Waals surface area contributed by atoms with Gasteiger partial charge < -0.3 is 24.1 Å². The lowest BCUT2D eigenvalue weighted by Crippen LogP contribution is -2.41. The summed E-state index contributed by atoms with van der Waals surface area (Å²) in [4.78, 5) is 25.3. The van der Waals surface area contributed by atoms with Crippen molar-refractivity contribution in [2.75, 3.05) is 13.2 Å². The van der Waals surface area contributed by atoms with E-state index in [2.05, 4.69) is 5.32 Å². The molecule has 2 aromatic carbocycles. The van der Waals surface area contributed by atoms with Crippen molar-refractivity contribution in [1.82, 2.24) is 15.4 Å². The van der Waals surface area contributed by atoms with E-state index in [1.165, 1.54) is 10.8 Å². The molecule has 0 saturated heterocycles. The predicted molar refractivity (Wildman–Crippen MR) is 124 cm³/mol. The van der Waals surface area contributed by atoms with Crippen molar-refractivity contribution in [2.24, 2.45) is 7.05 Å². The summed E-state index contributed by atoms with van der Waals surface area (Å²) >= 11 is 12.0. The average molecular weight is 506 g/mol. The number of hydrogen-bond donors (Lipinski definition) is 3.